The van der Waals surface area contributed by atoms with E-state index in [2.05, 4.69) is 5.16 Å². The Morgan fingerprint density at radius 1 is 1.57 bits per heavy atom. The molecule has 1 aromatic rings. The maximum Gasteiger partial charge on any atom is 0.250 e. The molecule has 0 spiro atoms. The van der Waals surface area contributed by atoms with Crippen LogP contribution >= 0.6 is 0 Å². The van der Waals surface area contributed by atoms with Gasteiger partial charge in [0.25, 0.3) is 0 Å². The number of nitrogens with zero attached hydrogens (tertiary/aromatic N) is 1. The Labute approximate surface area is 80.3 Å². The topological polar surface area (TPSA) is 52.0 Å². The Kier molecular flexibility index (Phi) is 1.89. The van der Waals surface area contributed by atoms with Crippen LogP contribution in [0.5, 0.6) is 0 Å². The zero-order valence-corrected chi connectivity index (χ0v) is 7.89. The molecule has 1 aliphatic carbocycles. The molecule has 3 nitrogen and oxygen atoms in total. The van der Waals surface area contributed by atoms with Crippen molar-refractivity contribution in [2.45, 2.75) is 31.1 Å². The van der Waals surface area contributed by atoms with Crippen molar-refractivity contribution in [1.82, 2.24) is 5.16 Å². The molecule has 0 amide bonds. The van der Waals surface area contributed by atoms with Crippen LogP contribution < -0.4 is 5.73 Å². The monoisotopic (exact) mass is 202 g/mol. The summed E-state index contributed by atoms with van der Waals surface area (Å²) >= 11 is 0. The normalized spacial score (nSPS) is 23.1. The van der Waals surface area contributed by atoms with Crippen LogP contribution in [0.1, 0.15) is 24.3 Å². The molecule has 1 heterocycles. The molecule has 0 radical (unpaired) electrons. The molecule has 5 heteroatoms. The maximum absolute atomic E-state index is 12.8. The summed E-state index contributed by atoms with van der Waals surface area (Å²) < 4.78 is 30.5. The summed E-state index contributed by atoms with van der Waals surface area (Å²) in [5.41, 5.74) is 5.41. The van der Waals surface area contributed by atoms with Gasteiger partial charge in [0.1, 0.15) is 5.76 Å². The van der Waals surface area contributed by atoms with Gasteiger partial charge in [0, 0.05) is 30.9 Å². The van der Waals surface area contributed by atoms with Crippen LogP contribution in [0.15, 0.2) is 10.6 Å². The first-order valence-corrected chi connectivity index (χ1v) is 4.49. The average molecular weight is 202 g/mol. The van der Waals surface area contributed by atoms with Crippen LogP contribution in [0, 0.1) is 6.92 Å². The molecule has 2 rings (SSSR count). The molecule has 0 atom stereocenters. The van der Waals surface area contributed by atoms with Gasteiger partial charge >= 0.3 is 0 Å². The van der Waals surface area contributed by atoms with E-state index >= 15 is 0 Å². The van der Waals surface area contributed by atoms with E-state index < -0.39 is 11.3 Å². The number of aromatic nitrogens is 1. The third kappa shape index (κ3) is 1.32. The van der Waals surface area contributed by atoms with Gasteiger partial charge in [0.15, 0.2) is 0 Å². The molecule has 1 aromatic heterocycles. The summed E-state index contributed by atoms with van der Waals surface area (Å²) in [7, 11) is 0. The van der Waals surface area contributed by atoms with Gasteiger partial charge in [-0.15, -0.1) is 0 Å². The highest BCUT2D eigenvalue weighted by Gasteiger charge is 2.57. The lowest BCUT2D eigenvalue weighted by Gasteiger charge is -2.45. The summed E-state index contributed by atoms with van der Waals surface area (Å²) in [6, 6.07) is 1.68. The second-order valence-corrected chi connectivity index (χ2v) is 4.02. The Bertz CT molecular complexity index is 340. The van der Waals surface area contributed by atoms with Crippen molar-refractivity contribution in [3.8, 4) is 0 Å². The fraction of sp³-hybridized carbons (Fsp3) is 0.667. The van der Waals surface area contributed by atoms with E-state index in [1.165, 1.54) is 0 Å². The number of hydrogen-bond acceptors (Lipinski definition) is 3. The molecular weight excluding hydrogens is 190 g/mol. The third-order valence-corrected chi connectivity index (χ3v) is 2.76. The van der Waals surface area contributed by atoms with Crippen LogP contribution in [-0.2, 0) is 5.41 Å². The molecule has 0 unspecified atom stereocenters. The third-order valence-electron chi connectivity index (χ3n) is 2.76. The van der Waals surface area contributed by atoms with Crippen molar-refractivity contribution >= 4 is 0 Å². The van der Waals surface area contributed by atoms with Crippen LogP contribution in [-0.4, -0.2) is 17.6 Å². The van der Waals surface area contributed by atoms with E-state index in [9.17, 15) is 8.78 Å². The molecule has 2 N–H and O–H groups in total. The molecule has 0 aromatic carbocycles. The lowest BCUT2D eigenvalue weighted by molar-refractivity contribution is -0.125. The van der Waals surface area contributed by atoms with Crippen LogP contribution in [0.2, 0.25) is 0 Å². The highest BCUT2D eigenvalue weighted by atomic mass is 19.3. The Morgan fingerprint density at radius 2 is 2.21 bits per heavy atom. The smallest absolute Gasteiger partial charge is 0.250 e. The van der Waals surface area contributed by atoms with Gasteiger partial charge in [-0.25, -0.2) is 8.78 Å². The van der Waals surface area contributed by atoms with Crippen molar-refractivity contribution in [3.63, 3.8) is 0 Å². The highest BCUT2D eigenvalue weighted by Crippen LogP contribution is 2.52. The van der Waals surface area contributed by atoms with Gasteiger partial charge in [-0.3, -0.25) is 0 Å². The van der Waals surface area contributed by atoms with Gasteiger partial charge in [-0.2, -0.15) is 0 Å². The van der Waals surface area contributed by atoms with Crippen molar-refractivity contribution in [1.29, 1.82) is 0 Å². The predicted molar refractivity (Wildman–Crippen MR) is 46.2 cm³/mol. The van der Waals surface area contributed by atoms with Gasteiger partial charge in [0.05, 0.1) is 5.69 Å². The van der Waals surface area contributed by atoms with Gasteiger partial charge in [-0.05, 0) is 6.92 Å². The summed E-state index contributed by atoms with van der Waals surface area (Å²) in [6.07, 6.45) is -0.440. The highest BCUT2D eigenvalue weighted by molar-refractivity contribution is 5.24. The number of halogens is 2. The summed E-state index contributed by atoms with van der Waals surface area (Å²) in [4.78, 5) is 0. The first-order chi connectivity index (χ1) is 6.47. The standard InChI is InChI=1S/C9H12F2N2O/c1-6-2-7(13-14-6)8(5-12)3-9(10,11)4-8/h2H,3-5,12H2,1H3. The number of nitrogens with two attached hydrogens (primary N) is 1. The predicted octanol–water partition coefficient (Wildman–Crippen LogP) is 1.61. The van der Waals surface area contributed by atoms with Gasteiger partial charge in [0.2, 0.25) is 5.92 Å². The van der Waals surface area contributed by atoms with Crippen molar-refractivity contribution < 1.29 is 13.3 Å². The fourth-order valence-corrected chi connectivity index (χ4v) is 1.98. The molecule has 0 bridgehead atoms. The maximum atomic E-state index is 12.8. The number of aryl methyl sites for hydroxylation is 1. The zero-order chi connectivity index (χ0) is 10.4. The molecule has 1 saturated carbocycles. The Balaban J connectivity index is 2.24. The minimum absolute atomic E-state index is 0.189. The van der Waals surface area contributed by atoms with Crippen LogP contribution in [0.3, 0.4) is 0 Å². The molecule has 78 valence electrons. The van der Waals surface area contributed by atoms with E-state index in [0.717, 1.165) is 0 Å². The van der Waals surface area contributed by atoms with Crippen molar-refractivity contribution in [3.05, 3.63) is 17.5 Å². The molecule has 0 saturated heterocycles. The summed E-state index contributed by atoms with van der Waals surface area (Å²) in [5.74, 6) is -1.96. The molecule has 0 aliphatic heterocycles. The SMILES string of the molecule is Cc1cc(C2(CN)CC(F)(F)C2)no1. The quantitative estimate of drug-likeness (QED) is 0.792. The average Bonchev–Trinajstić information content (AvgIpc) is 2.47. The molecular formula is C9H12F2N2O. The van der Waals surface area contributed by atoms with E-state index in [-0.39, 0.29) is 19.4 Å². The summed E-state index contributed by atoms with van der Waals surface area (Å²) in [6.45, 7) is 1.92. The minimum Gasteiger partial charge on any atom is -0.361 e. The lowest BCUT2D eigenvalue weighted by atomic mass is 9.64. The summed E-state index contributed by atoms with van der Waals surface area (Å²) in [5, 5.41) is 3.76. The van der Waals surface area contributed by atoms with Gasteiger partial charge in [-0.1, -0.05) is 5.16 Å². The van der Waals surface area contributed by atoms with E-state index in [0.29, 0.717) is 11.5 Å². The van der Waals surface area contributed by atoms with E-state index in [1.807, 2.05) is 0 Å². The van der Waals surface area contributed by atoms with Gasteiger partial charge < -0.3 is 10.3 Å². The van der Waals surface area contributed by atoms with Crippen LogP contribution in [0.4, 0.5) is 8.78 Å². The zero-order valence-electron chi connectivity index (χ0n) is 7.89. The Hall–Kier alpha value is -0.970. The second-order valence-electron chi connectivity index (χ2n) is 4.02. The fourth-order valence-electron chi connectivity index (χ4n) is 1.98. The van der Waals surface area contributed by atoms with Crippen molar-refractivity contribution in [2.24, 2.45) is 5.73 Å². The molecule has 14 heavy (non-hydrogen) atoms. The number of alkyl halides is 2. The first-order valence-electron chi connectivity index (χ1n) is 4.49. The largest absolute Gasteiger partial charge is 0.361 e. The lowest BCUT2D eigenvalue weighted by Crippen LogP contribution is -2.53. The first kappa shape index (κ1) is 9.58. The second kappa shape index (κ2) is 2.76. The molecule has 1 fully saturated rings. The Morgan fingerprint density at radius 3 is 2.57 bits per heavy atom. The van der Waals surface area contributed by atoms with Crippen molar-refractivity contribution in [2.75, 3.05) is 6.54 Å². The number of rotatable bonds is 2. The minimum atomic E-state index is -2.59. The number of hydrogen-bond donors (Lipinski definition) is 1. The van der Waals surface area contributed by atoms with Crippen LogP contribution in [0.25, 0.3) is 0 Å². The van der Waals surface area contributed by atoms with E-state index in [1.54, 1.807) is 13.0 Å². The van der Waals surface area contributed by atoms with E-state index in [4.69, 9.17) is 10.3 Å². The molecule has 1 aliphatic rings.